The van der Waals surface area contributed by atoms with Gasteiger partial charge in [0.1, 0.15) is 0 Å². The van der Waals surface area contributed by atoms with E-state index in [0.29, 0.717) is 5.56 Å². The van der Waals surface area contributed by atoms with Crippen LogP contribution in [0.4, 0.5) is 4.39 Å². The van der Waals surface area contributed by atoms with Crippen LogP contribution in [0.5, 0.6) is 5.75 Å². The lowest BCUT2D eigenvalue weighted by Crippen LogP contribution is -2.21. The Balaban J connectivity index is 2.96. The van der Waals surface area contributed by atoms with Crippen molar-refractivity contribution in [3.8, 4) is 5.75 Å². The second-order valence-electron chi connectivity index (χ2n) is 3.74. The maximum Gasteiger partial charge on any atom is 0.165 e. The molecule has 1 rings (SSSR count). The van der Waals surface area contributed by atoms with E-state index in [-0.39, 0.29) is 12.2 Å². The molecule has 0 unspecified atom stereocenters. The molecule has 0 aromatic heterocycles. The number of para-hydroxylation sites is 1. The largest absolute Gasteiger partial charge is 0.505 e. The fraction of sp³-hybridized carbons (Fsp3) is 0.400. The highest BCUT2D eigenvalue weighted by Crippen LogP contribution is 2.24. The molecule has 0 spiro atoms. The van der Waals surface area contributed by atoms with Crippen LogP contribution >= 0.6 is 0 Å². The molecule has 0 fully saturated rings. The molecular formula is C10H13FO2. The number of phenolic OH excluding ortho intramolecular Hbond substituents is 1. The van der Waals surface area contributed by atoms with Crippen LogP contribution in [0.15, 0.2) is 18.2 Å². The van der Waals surface area contributed by atoms with Gasteiger partial charge in [0.25, 0.3) is 0 Å². The Hall–Kier alpha value is -1.09. The third kappa shape index (κ3) is 2.70. The van der Waals surface area contributed by atoms with Crippen molar-refractivity contribution >= 4 is 0 Å². The van der Waals surface area contributed by atoms with Gasteiger partial charge in [-0.05, 0) is 25.5 Å². The van der Waals surface area contributed by atoms with Gasteiger partial charge in [0.15, 0.2) is 11.6 Å². The summed E-state index contributed by atoms with van der Waals surface area (Å²) >= 11 is 0. The van der Waals surface area contributed by atoms with Gasteiger partial charge in [-0.15, -0.1) is 0 Å². The summed E-state index contributed by atoms with van der Waals surface area (Å²) in [5.41, 5.74) is -0.516. The second kappa shape index (κ2) is 3.34. The molecule has 2 nitrogen and oxygen atoms in total. The Morgan fingerprint density at radius 2 is 2.00 bits per heavy atom. The molecule has 1 aromatic carbocycles. The number of aromatic hydroxyl groups is 1. The third-order valence-corrected chi connectivity index (χ3v) is 1.69. The zero-order valence-electron chi connectivity index (χ0n) is 7.71. The van der Waals surface area contributed by atoms with Crippen LogP contribution in [0, 0.1) is 5.82 Å². The molecule has 0 saturated heterocycles. The van der Waals surface area contributed by atoms with Crippen molar-refractivity contribution in [3.63, 3.8) is 0 Å². The number of phenols is 1. The molecule has 72 valence electrons. The predicted octanol–water partition coefficient (Wildman–Crippen LogP) is 1.84. The lowest BCUT2D eigenvalue weighted by Gasteiger charge is -2.17. The molecule has 0 bridgehead atoms. The maximum absolute atomic E-state index is 12.8. The molecule has 0 aliphatic rings. The first-order valence-corrected chi connectivity index (χ1v) is 4.09. The van der Waals surface area contributed by atoms with E-state index >= 15 is 0 Å². The van der Waals surface area contributed by atoms with Gasteiger partial charge in [-0.25, -0.2) is 4.39 Å². The fourth-order valence-corrected chi connectivity index (χ4v) is 1.17. The van der Waals surface area contributed by atoms with E-state index < -0.39 is 11.4 Å². The SMILES string of the molecule is CC(C)(O)Cc1cccc(F)c1O. The molecule has 0 saturated carbocycles. The maximum atomic E-state index is 12.8. The predicted molar refractivity (Wildman–Crippen MR) is 48.1 cm³/mol. The lowest BCUT2D eigenvalue weighted by atomic mass is 9.98. The molecule has 0 radical (unpaired) electrons. The average Bonchev–Trinajstić information content (AvgIpc) is 1.96. The zero-order valence-corrected chi connectivity index (χ0v) is 7.71. The molecule has 0 atom stereocenters. The normalized spacial score (nSPS) is 11.7. The third-order valence-electron chi connectivity index (χ3n) is 1.69. The van der Waals surface area contributed by atoms with Gasteiger partial charge < -0.3 is 10.2 Å². The number of rotatable bonds is 2. The van der Waals surface area contributed by atoms with Crippen molar-refractivity contribution < 1.29 is 14.6 Å². The summed E-state index contributed by atoms with van der Waals surface area (Å²) in [5.74, 6) is -1.02. The summed E-state index contributed by atoms with van der Waals surface area (Å²) in [4.78, 5) is 0. The first kappa shape index (κ1) is 9.99. The van der Waals surface area contributed by atoms with Crippen LogP contribution in [0.2, 0.25) is 0 Å². The highest BCUT2D eigenvalue weighted by Gasteiger charge is 2.17. The van der Waals surface area contributed by atoms with Crippen LogP contribution in [-0.2, 0) is 6.42 Å². The van der Waals surface area contributed by atoms with Gasteiger partial charge in [-0.2, -0.15) is 0 Å². The van der Waals surface area contributed by atoms with Gasteiger partial charge >= 0.3 is 0 Å². The second-order valence-corrected chi connectivity index (χ2v) is 3.74. The molecular weight excluding hydrogens is 171 g/mol. The van der Waals surface area contributed by atoms with Crippen LogP contribution in [0.25, 0.3) is 0 Å². The van der Waals surface area contributed by atoms with E-state index in [1.54, 1.807) is 19.9 Å². The molecule has 0 aliphatic carbocycles. The smallest absolute Gasteiger partial charge is 0.165 e. The summed E-state index contributed by atoms with van der Waals surface area (Å²) in [6.45, 7) is 3.22. The number of hydrogen-bond donors (Lipinski definition) is 2. The quantitative estimate of drug-likeness (QED) is 0.736. The molecule has 0 heterocycles. The number of hydrogen-bond acceptors (Lipinski definition) is 2. The standard InChI is InChI=1S/C10H13FO2/c1-10(2,13)6-7-4-3-5-8(11)9(7)12/h3-5,12-13H,6H2,1-2H3. The van der Waals surface area contributed by atoms with E-state index in [4.69, 9.17) is 0 Å². The Labute approximate surface area is 76.6 Å². The van der Waals surface area contributed by atoms with Crippen LogP contribution in [0.1, 0.15) is 19.4 Å². The lowest BCUT2D eigenvalue weighted by molar-refractivity contribution is 0.0801. The summed E-state index contributed by atoms with van der Waals surface area (Å²) in [5, 5.41) is 18.7. The minimum absolute atomic E-state index is 0.233. The Bertz CT molecular complexity index is 302. The molecule has 13 heavy (non-hydrogen) atoms. The monoisotopic (exact) mass is 184 g/mol. The van der Waals surface area contributed by atoms with Gasteiger partial charge in [0.2, 0.25) is 0 Å². The summed E-state index contributed by atoms with van der Waals surface area (Å²) in [7, 11) is 0. The van der Waals surface area contributed by atoms with Crippen molar-refractivity contribution in [3.05, 3.63) is 29.6 Å². The Kier molecular flexibility index (Phi) is 2.57. The molecule has 1 aromatic rings. The fourth-order valence-electron chi connectivity index (χ4n) is 1.17. The van der Waals surface area contributed by atoms with E-state index in [2.05, 4.69) is 0 Å². The van der Waals surface area contributed by atoms with Crippen LogP contribution in [0.3, 0.4) is 0 Å². The zero-order chi connectivity index (χ0) is 10.1. The van der Waals surface area contributed by atoms with Crippen molar-refractivity contribution in [1.82, 2.24) is 0 Å². The summed E-state index contributed by atoms with van der Waals surface area (Å²) in [6.07, 6.45) is 0.233. The van der Waals surface area contributed by atoms with Gasteiger partial charge in [-0.1, -0.05) is 12.1 Å². The van der Waals surface area contributed by atoms with E-state index in [1.165, 1.54) is 12.1 Å². The van der Waals surface area contributed by atoms with Gasteiger partial charge in [0.05, 0.1) is 5.60 Å². The van der Waals surface area contributed by atoms with Gasteiger partial charge in [-0.3, -0.25) is 0 Å². The van der Waals surface area contributed by atoms with E-state index in [9.17, 15) is 14.6 Å². The summed E-state index contributed by atoms with van der Waals surface area (Å²) in [6, 6.07) is 4.29. The van der Waals surface area contributed by atoms with Gasteiger partial charge in [0, 0.05) is 6.42 Å². The molecule has 0 amide bonds. The van der Waals surface area contributed by atoms with E-state index in [0.717, 1.165) is 0 Å². The van der Waals surface area contributed by atoms with E-state index in [1.807, 2.05) is 0 Å². The highest BCUT2D eigenvalue weighted by atomic mass is 19.1. The molecule has 0 aliphatic heterocycles. The minimum atomic E-state index is -0.939. The Morgan fingerprint density at radius 1 is 1.38 bits per heavy atom. The summed E-state index contributed by atoms with van der Waals surface area (Å²) < 4.78 is 12.8. The number of aliphatic hydroxyl groups is 1. The Morgan fingerprint density at radius 3 is 2.54 bits per heavy atom. The number of benzene rings is 1. The molecule has 2 N–H and O–H groups in total. The highest BCUT2D eigenvalue weighted by molar-refractivity contribution is 5.34. The van der Waals surface area contributed by atoms with Crippen molar-refractivity contribution in [2.45, 2.75) is 25.9 Å². The van der Waals surface area contributed by atoms with Crippen molar-refractivity contribution in [1.29, 1.82) is 0 Å². The minimum Gasteiger partial charge on any atom is -0.505 e. The first-order valence-electron chi connectivity index (χ1n) is 4.09. The molecule has 3 heteroatoms. The van der Waals surface area contributed by atoms with Crippen molar-refractivity contribution in [2.75, 3.05) is 0 Å². The topological polar surface area (TPSA) is 40.5 Å². The van der Waals surface area contributed by atoms with Crippen LogP contribution in [-0.4, -0.2) is 15.8 Å². The first-order chi connectivity index (χ1) is 5.90. The van der Waals surface area contributed by atoms with Crippen molar-refractivity contribution in [2.24, 2.45) is 0 Å². The average molecular weight is 184 g/mol. The van der Waals surface area contributed by atoms with Crippen LogP contribution < -0.4 is 0 Å². The number of halogens is 1.